The zero-order valence-electron chi connectivity index (χ0n) is 13.1. The SMILES string of the molecule is c1cc(OCC2CO2)c2c(c1)C1(CCCC1)OC21CCCC1. The lowest BCUT2D eigenvalue weighted by molar-refractivity contribution is -0.138. The highest BCUT2D eigenvalue weighted by molar-refractivity contribution is 5.51. The van der Waals surface area contributed by atoms with Crippen molar-refractivity contribution in [2.75, 3.05) is 13.2 Å². The Morgan fingerprint density at radius 3 is 2.36 bits per heavy atom. The summed E-state index contributed by atoms with van der Waals surface area (Å²) in [6.07, 6.45) is 10.1. The molecule has 0 aromatic heterocycles. The van der Waals surface area contributed by atoms with Crippen molar-refractivity contribution >= 4 is 0 Å². The van der Waals surface area contributed by atoms with Gasteiger partial charge in [-0.05, 0) is 37.3 Å². The van der Waals surface area contributed by atoms with Crippen LogP contribution in [0, 0.1) is 0 Å². The van der Waals surface area contributed by atoms with Crippen LogP contribution in [0.3, 0.4) is 0 Å². The third-order valence-electron chi connectivity index (χ3n) is 6.01. The van der Waals surface area contributed by atoms with E-state index in [2.05, 4.69) is 18.2 Å². The van der Waals surface area contributed by atoms with Crippen LogP contribution in [-0.4, -0.2) is 19.3 Å². The first-order valence-corrected chi connectivity index (χ1v) is 8.90. The zero-order chi connectivity index (χ0) is 14.6. The Labute approximate surface area is 131 Å². The quantitative estimate of drug-likeness (QED) is 0.790. The summed E-state index contributed by atoms with van der Waals surface area (Å²) < 4.78 is 18.3. The second kappa shape index (κ2) is 4.72. The largest absolute Gasteiger partial charge is 0.490 e. The number of fused-ring (bicyclic) bond motifs is 3. The van der Waals surface area contributed by atoms with Crippen LogP contribution in [0.1, 0.15) is 62.5 Å². The minimum absolute atomic E-state index is 0.0187. The maximum atomic E-state index is 6.88. The van der Waals surface area contributed by atoms with Crippen molar-refractivity contribution in [3.8, 4) is 5.75 Å². The number of rotatable bonds is 3. The van der Waals surface area contributed by atoms with Gasteiger partial charge < -0.3 is 14.2 Å². The smallest absolute Gasteiger partial charge is 0.125 e. The fraction of sp³-hybridized carbons (Fsp3) is 0.684. The number of ether oxygens (including phenoxy) is 3. The summed E-state index contributed by atoms with van der Waals surface area (Å²) in [6.45, 7) is 1.53. The van der Waals surface area contributed by atoms with E-state index < -0.39 is 0 Å². The van der Waals surface area contributed by atoms with Crippen molar-refractivity contribution in [1.29, 1.82) is 0 Å². The molecule has 0 amide bonds. The van der Waals surface area contributed by atoms with Gasteiger partial charge in [-0.1, -0.05) is 37.8 Å². The first-order chi connectivity index (χ1) is 10.8. The van der Waals surface area contributed by atoms with Gasteiger partial charge in [-0.2, -0.15) is 0 Å². The van der Waals surface area contributed by atoms with E-state index in [1.54, 1.807) is 0 Å². The lowest BCUT2D eigenvalue weighted by Crippen LogP contribution is -2.28. The molecule has 22 heavy (non-hydrogen) atoms. The van der Waals surface area contributed by atoms with Gasteiger partial charge in [0.15, 0.2) is 0 Å². The molecule has 1 aromatic rings. The molecule has 2 aliphatic heterocycles. The summed E-state index contributed by atoms with van der Waals surface area (Å²) in [5.41, 5.74) is 2.73. The fourth-order valence-electron chi connectivity index (χ4n) is 4.94. The van der Waals surface area contributed by atoms with E-state index in [0.717, 1.165) is 25.2 Å². The van der Waals surface area contributed by atoms with Crippen LogP contribution in [0.4, 0.5) is 0 Å². The highest BCUT2D eigenvalue weighted by Crippen LogP contribution is 2.61. The molecule has 1 aromatic carbocycles. The molecule has 0 N–H and O–H groups in total. The molecule has 2 heterocycles. The van der Waals surface area contributed by atoms with Gasteiger partial charge in [0.1, 0.15) is 18.5 Å². The van der Waals surface area contributed by atoms with E-state index in [4.69, 9.17) is 14.2 Å². The van der Waals surface area contributed by atoms with Crippen molar-refractivity contribution in [3.63, 3.8) is 0 Å². The van der Waals surface area contributed by atoms with E-state index in [1.807, 2.05) is 0 Å². The molecule has 1 unspecified atom stereocenters. The molecule has 1 saturated heterocycles. The lowest BCUT2D eigenvalue weighted by atomic mass is 9.85. The van der Waals surface area contributed by atoms with Gasteiger partial charge in [0.05, 0.1) is 17.8 Å². The summed E-state index contributed by atoms with van der Waals surface area (Å²) in [5.74, 6) is 1.05. The van der Waals surface area contributed by atoms with E-state index in [1.165, 1.54) is 49.7 Å². The van der Waals surface area contributed by atoms with Crippen LogP contribution in [0.2, 0.25) is 0 Å². The molecule has 3 fully saturated rings. The van der Waals surface area contributed by atoms with Crippen molar-refractivity contribution in [1.82, 2.24) is 0 Å². The van der Waals surface area contributed by atoms with Crippen molar-refractivity contribution in [3.05, 3.63) is 29.3 Å². The number of hydrogen-bond donors (Lipinski definition) is 0. The standard InChI is InChI=1S/C19H24O3/c1-2-9-18(8-1)15-6-5-7-16(21-13-14-12-20-14)17(15)19(22-18)10-3-4-11-19/h5-7,14H,1-4,8-13H2. The van der Waals surface area contributed by atoms with E-state index >= 15 is 0 Å². The topological polar surface area (TPSA) is 31.0 Å². The summed E-state index contributed by atoms with van der Waals surface area (Å²) in [5, 5.41) is 0. The Morgan fingerprint density at radius 1 is 1.00 bits per heavy atom. The number of benzene rings is 1. The molecule has 3 heteroatoms. The van der Waals surface area contributed by atoms with E-state index in [-0.39, 0.29) is 11.2 Å². The molecule has 2 saturated carbocycles. The molecule has 4 aliphatic rings. The molecule has 2 spiro atoms. The Kier molecular flexibility index (Phi) is 2.87. The first-order valence-electron chi connectivity index (χ1n) is 8.90. The second-order valence-electron chi connectivity index (χ2n) is 7.45. The van der Waals surface area contributed by atoms with Crippen molar-refractivity contribution < 1.29 is 14.2 Å². The molecule has 0 bridgehead atoms. The number of epoxide rings is 1. The Hall–Kier alpha value is -1.06. The summed E-state index contributed by atoms with van der Waals surface area (Å²) in [7, 11) is 0. The van der Waals surface area contributed by atoms with Gasteiger partial charge in [-0.15, -0.1) is 0 Å². The fourth-order valence-corrected chi connectivity index (χ4v) is 4.94. The van der Waals surface area contributed by atoms with Gasteiger partial charge in [-0.3, -0.25) is 0 Å². The van der Waals surface area contributed by atoms with Crippen LogP contribution < -0.4 is 4.74 Å². The average Bonchev–Trinajstić information content (AvgIpc) is 2.96. The molecule has 5 rings (SSSR count). The molecular weight excluding hydrogens is 276 g/mol. The van der Waals surface area contributed by atoms with Gasteiger partial charge in [-0.25, -0.2) is 0 Å². The highest BCUT2D eigenvalue weighted by Gasteiger charge is 2.56. The summed E-state index contributed by atoms with van der Waals surface area (Å²) in [4.78, 5) is 0. The Bertz CT molecular complexity index is 578. The second-order valence-corrected chi connectivity index (χ2v) is 7.45. The number of hydrogen-bond acceptors (Lipinski definition) is 3. The van der Waals surface area contributed by atoms with Gasteiger partial charge in [0, 0.05) is 5.56 Å². The summed E-state index contributed by atoms with van der Waals surface area (Å²) >= 11 is 0. The minimum atomic E-state index is -0.0688. The molecule has 3 nitrogen and oxygen atoms in total. The van der Waals surface area contributed by atoms with Crippen molar-refractivity contribution in [2.24, 2.45) is 0 Å². The van der Waals surface area contributed by atoms with Crippen LogP contribution in [0.5, 0.6) is 5.75 Å². The zero-order valence-corrected chi connectivity index (χ0v) is 13.1. The van der Waals surface area contributed by atoms with Crippen LogP contribution in [0.15, 0.2) is 18.2 Å². The third-order valence-corrected chi connectivity index (χ3v) is 6.01. The average molecular weight is 300 g/mol. The Balaban J connectivity index is 1.59. The predicted molar refractivity (Wildman–Crippen MR) is 83.1 cm³/mol. The van der Waals surface area contributed by atoms with Gasteiger partial charge in [0.2, 0.25) is 0 Å². The molecular formula is C19H24O3. The maximum Gasteiger partial charge on any atom is 0.125 e. The van der Waals surface area contributed by atoms with Gasteiger partial charge in [0.25, 0.3) is 0 Å². The van der Waals surface area contributed by atoms with Crippen LogP contribution in [-0.2, 0) is 20.7 Å². The predicted octanol–water partition coefficient (Wildman–Crippen LogP) is 4.03. The maximum absolute atomic E-state index is 6.88. The lowest BCUT2D eigenvalue weighted by Gasteiger charge is -2.31. The van der Waals surface area contributed by atoms with Crippen LogP contribution in [0.25, 0.3) is 0 Å². The normalized spacial score (nSPS) is 30.1. The molecule has 2 aliphatic carbocycles. The van der Waals surface area contributed by atoms with Crippen LogP contribution >= 0.6 is 0 Å². The van der Waals surface area contributed by atoms with Crippen molar-refractivity contribution in [2.45, 2.75) is 68.7 Å². The highest BCUT2D eigenvalue weighted by atomic mass is 16.6. The summed E-state index contributed by atoms with van der Waals surface area (Å²) in [6, 6.07) is 6.59. The minimum Gasteiger partial charge on any atom is -0.490 e. The molecule has 118 valence electrons. The van der Waals surface area contributed by atoms with E-state index in [0.29, 0.717) is 12.7 Å². The first kappa shape index (κ1) is 13.4. The molecule has 0 radical (unpaired) electrons. The monoisotopic (exact) mass is 300 g/mol. The third kappa shape index (κ3) is 1.88. The van der Waals surface area contributed by atoms with E-state index in [9.17, 15) is 0 Å². The Morgan fingerprint density at radius 2 is 1.68 bits per heavy atom. The van der Waals surface area contributed by atoms with Gasteiger partial charge >= 0.3 is 0 Å². The molecule has 1 atom stereocenters.